The lowest BCUT2D eigenvalue weighted by atomic mass is 9.98. The second-order valence-electron chi connectivity index (χ2n) is 7.25. The van der Waals surface area contributed by atoms with E-state index < -0.39 is 5.60 Å². The van der Waals surface area contributed by atoms with Crippen LogP contribution in [0.3, 0.4) is 0 Å². The lowest BCUT2D eigenvalue weighted by molar-refractivity contribution is 0.0454. The summed E-state index contributed by atoms with van der Waals surface area (Å²) in [5, 5.41) is 15.1. The Labute approximate surface area is 126 Å². The zero-order valence-corrected chi connectivity index (χ0v) is 14.2. The highest BCUT2D eigenvalue weighted by Crippen LogP contribution is 2.33. The Kier molecular flexibility index (Phi) is 4.57. The highest BCUT2D eigenvalue weighted by molar-refractivity contribution is 7.12. The van der Waals surface area contributed by atoms with Crippen LogP contribution in [0.5, 0.6) is 0 Å². The lowest BCUT2D eigenvalue weighted by Crippen LogP contribution is -2.38. The first-order chi connectivity index (χ1) is 9.21. The molecule has 114 valence electrons. The van der Waals surface area contributed by atoms with Crippen molar-refractivity contribution in [3.05, 3.63) is 15.6 Å². The summed E-state index contributed by atoms with van der Waals surface area (Å²) in [6.07, 6.45) is 4.17. The average Bonchev–Trinajstić information content (AvgIpc) is 2.93. The Balaban J connectivity index is 2.02. The van der Waals surface area contributed by atoms with Crippen molar-refractivity contribution < 1.29 is 5.11 Å². The van der Waals surface area contributed by atoms with Gasteiger partial charge in [-0.15, -0.1) is 11.3 Å². The van der Waals surface area contributed by atoms with Crippen LogP contribution in [-0.2, 0) is 5.41 Å². The Morgan fingerprint density at radius 1 is 1.35 bits per heavy atom. The Morgan fingerprint density at radius 3 is 2.45 bits per heavy atom. The minimum Gasteiger partial charge on any atom is -0.389 e. The van der Waals surface area contributed by atoms with E-state index in [1.807, 2.05) is 0 Å². The summed E-state index contributed by atoms with van der Waals surface area (Å²) in [6.45, 7) is 11.6. The van der Waals surface area contributed by atoms with Gasteiger partial charge in [0, 0.05) is 22.9 Å². The molecule has 0 amide bonds. The standard InChI is InChI=1S/C16H28N2OS/c1-11(17-10-16(19)8-6-7-9-16)13-12(2)18-14(20-13)15(3,4)5/h11,17,19H,6-10H2,1-5H3. The molecule has 1 heterocycles. The second-order valence-corrected chi connectivity index (χ2v) is 8.28. The van der Waals surface area contributed by atoms with Gasteiger partial charge < -0.3 is 10.4 Å². The minimum atomic E-state index is -0.486. The van der Waals surface area contributed by atoms with Gasteiger partial charge >= 0.3 is 0 Å². The molecule has 0 aliphatic heterocycles. The topological polar surface area (TPSA) is 45.2 Å². The van der Waals surface area contributed by atoms with Crippen molar-refractivity contribution in [2.24, 2.45) is 0 Å². The predicted molar refractivity (Wildman–Crippen MR) is 85.4 cm³/mol. The van der Waals surface area contributed by atoms with Crippen LogP contribution in [0, 0.1) is 6.92 Å². The fourth-order valence-corrected chi connectivity index (χ4v) is 3.93. The van der Waals surface area contributed by atoms with Gasteiger partial charge in [-0.25, -0.2) is 4.98 Å². The molecule has 4 heteroatoms. The molecular weight excluding hydrogens is 268 g/mol. The molecule has 0 bridgehead atoms. The number of nitrogens with one attached hydrogen (secondary N) is 1. The van der Waals surface area contributed by atoms with Crippen LogP contribution >= 0.6 is 11.3 Å². The molecule has 20 heavy (non-hydrogen) atoms. The van der Waals surface area contributed by atoms with Gasteiger partial charge in [-0.1, -0.05) is 33.6 Å². The molecule has 0 aromatic carbocycles. The van der Waals surface area contributed by atoms with E-state index in [9.17, 15) is 5.11 Å². The zero-order chi connectivity index (χ0) is 15.0. The molecular formula is C16H28N2OS. The van der Waals surface area contributed by atoms with Gasteiger partial charge in [0.25, 0.3) is 0 Å². The molecule has 1 aliphatic carbocycles. The average molecular weight is 296 g/mol. The van der Waals surface area contributed by atoms with Gasteiger partial charge in [-0.3, -0.25) is 0 Å². The van der Waals surface area contributed by atoms with E-state index in [0.29, 0.717) is 6.54 Å². The van der Waals surface area contributed by atoms with E-state index in [1.54, 1.807) is 11.3 Å². The first-order valence-electron chi connectivity index (χ1n) is 7.65. The Bertz CT molecular complexity index is 456. The van der Waals surface area contributed by atoms with Crippen LogP contribution in [0.1, 0.15) is 75.0 Å². The fourth-order valence-electron chi connectivity index (χ4n) is 2.78. The van der Waals surface area contributed by atoms with Gasteiger partial charge in [-0.2, -0.15) is 0 Å². The number of aromatic nitrogens is 1. The molecule has 0 spiro atoms. The van der Waals surface area contributed by atoms with Crippen LogP contribution in [0.15, 0.2) is 0 Å². The van der Waals surface area contributed by atoms with Crippen molar-refractivity contribution in [3.8, 4) is 0 Å². The summed E-state index contributed by atoms with van der Waals surface area (Å²) in [4.78, 5) is 6.02. The summed E-state index contributed by atoms with van der Waals surface area (Å²) < 4.78 is 0. The Hall–Kier alpha value is -0.450. The fraction of sp³-hybridized carbons (Fsp3) is 0.812. The number of rotatable bonds is 4. The molecule has 1 atom stereocenters. The van der Waals surface area contributed by atoms with E-state index >= 15 is 0 Å². The summed E-state index contributed by atoms with van der Waals surface area (Å²) in [5.74, 6) is 0. The van der Waals surface area contributed by atoms with Crippen molar-refractivity contribution in [2.75, 3.05) is 6.54 Å². The van der Waals surface area contributed by atoms with Crippen LogP contribution in [0.4, 0.5) is 0 Å². The SMILES string of the molecule is Cc1nc(C(C)(C)C)sc1C(C)NCC1(O)CCCC1. The molecule has 0 saturated heterocycles. The summed E-state index contributed by atoms with van der Waals surface area (Å²) in [5.41, 5.74) is 0.745. The minimum absolute atomic E-state index is 0.108. The normalized spacial score (nSPS) is 20.3. The van der Waals surface area contributed by atoms with E-state index in [2.05, 4.69) is 39.9 Å². The Morgan fingerprint density at radius 2 is 1.95 bits per heavy atom. The third-order valence-corrected chi connectivity index (χ3v) is 5.90. The molecule has 1 aromatic heterocycles. The van der Waals surface area contributed by atoms with Crippen molar-refractivity contribution in [1.29, 1.82) is 0 Å². The highest BCUT2D eigenvalue weighted by atomic mass is 32.1. The van der Waals surface area contributed by atoms with E-state index in [-0.39, 0.29) is 11.5 Å². The number of hydrogen-bond donors (Lipinski definition) is 2. The van der Waals surface area contributed by atoms with Crippen LogP contribution in [0.25, 0.3) is 0 Å². The maximum atomic E-state index is 10.4. The maximum absolute atomic E-state index is 10.4. The van der Waals surface area contributed by atoms with Gasteiger partial charge in [0.15, 0.2) is 0 Å². The number of hydrogen-bond acceptors (Lipinski definition) is 4. The van der Waals surface area contributed by atoms with Crippen molar-refractivity contribution in [2.45, 2.75) is 77.4 Å². The van der Waals surface area contributed by atoms with Gasteiger partial charge in [0.2, 0.25) is 0 Å². The van der Waals surface area contributed by atoms with E-state index in [1.165, 1.54) is 9.88 Å². The molecule has 2 rings (SSSR count). The monoisotopic (exact) mass is 296 g/mol. The van der Waals surface area contributed by atoms with Gasteiger partial charge in [0.05, 0.1) is 16.3 Å². The molecule has 1 fully saturated rings. The number of aliphatic hydroxyl groups is 1. The molecule has 0 radical (unpaired) electrons. The van der Waals surface area contributed by atoms with Crippen LogP contribution in [-0.4, -0.2) is 22.2 Å². The van der Waals surface area contributed by atoms with Gasteiger partial charge in [-0.05, 0) is 26.7 Å². The third kappa shape index (κ3) is 3.60. The van der Waals surface area contributed by atoms with Crippen LogP contribution < -0.4 is 5.32 Å². The van der Waals surface area contributed by atoms with Crippen LogP contribution in [0.2, 0.25) is 0 Å². The molecule has 1 saturated carbocycles. The molecule has 2 N–H and O–H groups in total. The second kappa shape index (κ2) is 5.74. The third-order valence-electron chi connectivity index (χ3n) is 4.14. The van der Waals surface area contributed by atoms with E-state index in [4.69, 9.17) is 4.98 Å². The van der Waals surface area contributed by atoms with Gasteiger partial charge in [0.1, 0.15) is 0 Å². The number of thiazole rings is 1. The first kappa shape index (κ1) is 15.9. The molecule has 1 unspecified atom stereocenters. The van der Waals surface area contributed by atoms with Crippen molar-refractivity contribution in [1.82, 2.24) is 10.3 Å². The first-order valence-corrected chi connectivity index (χ1v) is 8.46. The molecule has 1 aliphatic rings. The quantitative estimate of drug-likeness (QED) is 0.890. The largest absolute Gasteiger partial charge is 0.389 e. The summed E-state index contributed by atoms with van der Waals surface area (Å²) in [6, 6.07) is 0.258. The van der Waals surface area contributed by atoms with Crippen molar-refractivity contribution >= 4 is 11.3 Å². The zero-order valence-electron chi connectivity index (χ0n) is 13.4. The maximum Gasteiger partial charge on any atom is 0.0985 e. The highest BCUT2D eigenvalue weighted by Gasteiger charge is 2.31. The summed E-state index contributed by atoms with van der Waals surface area (Å²) in [7, 11) is 0. The smallest absolute Gasteiger partial charge is 0.0985 e. The molecule has 3 nitrogen and oxygen atoms in total. The number of aryl methyl sites for hydroxylation is 1. The predicted octanol–water partition coefficient (Wildman–Crippen LogP) is 3.70. The molecule has 1 aromatic rings. The number of nitrogens with zero attached hydrogens (tertiary/aromatic N) is 1. The summed E-state index contributed by atoms with van der Waals surface area (Å²) >= 11 is 1.80. The van der Waals surface area contributed by atoms with E-state index in [0.717, 1.165) is 31.4 Å². The lowest BCUT2D eigenvalue weighted by Gasteiger charge is -2.25. The van der Waals surface area contributed by atoms with Crippen molar-refractivity contribution in [3.63, 3.8) is 0 Å².